The maximum Gasteiger partial charge on any atom is 0.330 e. The lowest BCUT2D eigenvalue weighted by atomic mass is 9.97. The summed E-state index contributed by atoms with van der Waals surface area (Å²) in [5, 5.41) is 8.79. The SMILES string of the molecule is Cn1c(=O)n(CC(C)(C)C)c2ccc(/C=C/CCO)nc21. The van der Waals surface area contributed by atoms with Crippen molar-refractivity contribution in [1.82, 2.24) is 14.1 Å². The van der Waals surface area contributed by atoms with Gasteiger partial charge in [-0.2, -0.15) is 0 Å². The molecular weight excluding hydrogens is 266 g/mol. The zero-order valence-corrected chi connectivity index (χ0v) is 13.1. The van der Waals surface area contributed by atoms with Crippen LogP contribution in [0.15, 0.2) is 23.0 Å². The van der Waals surface area contributed by atoms with Gasteiger partial charge < -0.3 is 5.11 Å². The number of fused-ring (bicyclic) bond motifs is 1. The third-order valence-electron chi connectivity index (χ3n) is 3.22. The normalized spacial score (nSPS) is 12.6. The number of pyridine rings is 1. The van der Waals surface area contributed by atoms with E-state index in [4.69, 9.17) is 5.11 Å². The van der Waals surface area contributed by atoms with Crippen LogP contribution in [0.4, 0.5) is 0 Å². The third kappa shape index (κ3) is 3.42. The Kier molecular flexibility index (Phi) is 4.32. The van der Waals surface area contributed by atoms with Gasteiger partial charge in [-0.25, -0.2) is 9.78 Å². The van der Waals surface area contributed by atoms with Gasteiger partial charge in [-0.3, -0.25) is 9.13 Å². The summed E-state index contributed by atoms with van der Waals surface area (Å²) in [4.78, 5) is 16.9. The van der Waals surface area contributed by atoms with Crippen molar-refractivity contribution in [2.75, 3.05) is 6.61 Å². The molecular formula is C16H23N3O2. The van der Waals surface area contributed by atoms with Gasteiger partial charge in [-0.15, -0.1) is 0 Å². The Bertz CT molecular complexity index is 717. The molecule has 0 saturated carbocycles. The van der Waals surface area contributed by atoms with Crippen molar-refractivity contribution in [2.24, 2.45) is 12.5 Å². The largest absolute Gasteiger partial charge is 0.396 e. The summed E-state index contributed by atoms with van der Waals surface area (Å²) in [6.07, 6.45) is 4.34. The van der Waals surface area contributed by atoms with Crippen molar-refractivity contribution in [3.63, 3.8) is 0 Å². The molecule has 1 N–H and O–H groups in total. The first-order valence-corrected chi connectivity index (χ1v) is 7.17. The van der Waals surface area contributed by atoms with Gasteiger partial charge in [-0.05, 0) is 30.0 Å². The molecule has 2 aromatic rings. The van der Waals surface area contributed by atoms with E-state index < -0.39 is 0 Å². The Hall–Kier alpha value is -1.88. The highest BCUT2D eigenvalue weighted by Gasteiger charge is 2.18. The standard InChI is InChI=1S/C16H23N3O2/c1-16(2,3)11-19-13-9-8-12(7-5-6-10-20)17-14(13)18(4)15(19)21/h5,7-9,20H,6,10-11H2,1-4H3/b7-5+. The molecule has 0 spiro atoms. The Labute approximate surface area is 124 Å². The molecule has 0 aromatic carbocycles. The highest BCUT2D eigenvalue weighted by molar-refractivity contribution is 5.73. The average Bonchev–Trinajstić information content (AvgIpc) is 2.63. The Balaban J connectivity index is 2.50. The van der Waals surface area contributed by atoms with Crippen molar-refractivity contribution in [3.8, 4) is 0 Å². The molecule has 0 radical (unpaired) electrons. The number of hydrogen-bond acceptors (Lipinski definition) is 3. The first kappa shape index (κ1) is 15.5. The quantitative estimate of drug-likeness (QED) is 0.938. The van der Waals surface area contributed by atoms with E-state index in [1.165, 1.54) is 0 Å². The molecule has 0 atom stereocenters. The minimum Gasteiger partial charge on any atom is -0.396 e. The van der Waals surface area contributed by atoms with E-state index in [9.17, 15) is 4.79 Å². The minimum absolute atomic E-state index is 0.0256. The molecule has 2 heterocycles. The molecule has 21 heavy (non-hydrogen) atoms. The summed E-state index contributed by atoms with van der Waals surface area (Å²) in [7, 11) is 1.75. The Morgan fingerprint density at radius 2 is 2.05 bits per heavy atom. The number of aliphatic hydroxyl groups excluding tert-OH is 1. The fourth-order valence-electron chi connectivity index (χ4n) is 2.29. The summed E-state index contributed by atoms with van der Waals surface area (Å²) in [5.74, 6) is 0. The van der Waals surface area contributed by atoms with Crippen molar-refractivity contribution >= 4 is 17.2 Å². The number of aryl methyl sites for hydroxylation is 1. The van der Waals surface area contributed by atoms with E-state index in [0.29, 0.717) is 18.6 Å². The van der Waals surface area contributed by atoms with Gasteiger partial charge in [0, 0.05) is 20.2 Å². The van der Waals surface area contributed by atoms with E-state index in [2.05, 4.69) is 25.8 Å². The number of nitrogens with zero attached hydrogens (tertiary/aromatic N) is 3. The first-order valence-electron chi connectivity index (χ1n) is 7.17. The molecule has 0 aliphatic carbocycles. The molecule has 0 fully saturated rings. The van der Waals surface area contributed by atoms with Gasteiger partial charge in [-0.1, -0.05) is 26.8 Å². The average molecular weight is 289 g/mol. The topological polar surface area (TPSA) is 60.0 Å². The summed E-state index contributed by atoms with van der Waals surface area (Å²) < 4.78 is 3.37. The van der Waals surface area contributed by atoms with Crippen molar-refractivity contribution in [3.05, 3.63) is 34.4 Å². The highest BCUT2D eigenvalue weighted by Crippen LogP contribution is 2.19. The van der Waals surface area contributed by atoms with Crippen molar-refractivity contribution in [2.45, 2.75) is 33.7 Å². The van der Waals surface area contributed by atoms with Crippen molar-refractivity contribution < 1.29 is 5.11 Å². The number of aliphatic hydroxyl groups is 1. The zero-order valence-electron chi connectivity index (χ0n) is 13.1. The lowest BCUT2D eigenvalue weighted by Gasteiger charge is -2.18. The second-order valence-corrected chi connectivity index (χ2v) is 6.48. The molecule has 0 aliphatic heterocycles. The lowest BCUT2D eigenvalue weighted by Crippen LogP contribution is -2.27. The molecule has 2 aromatic heterocycles. The van der Waals surface area contributed by atoms with E-state index in [1.807, 2.05) is 24.3 Å². The van der Waals surface area contributed by atoms with Gasteiger partial charge in [0.2, 0.25) is 0 Å². The van der Waals surface area contributed by atoms with Crippen LogP contribution in [0.5, 0.6) is 0 Å². The van der Waals surface area contributed by atoms with Gasteiger partial charge in [0.15, 0.2) is 5.65 Å². The third-order valence-corrected chi connectivity index (χ3v) is 3.22. The fraction of sp³-hybridized carbons (Fsp3) is 0.500. The van der Waals surface area contributed by atoms with Crippen molar-refractivity contribution in [1.29, 1.82) is 0 Å². The van der Waals surface area contributed by atoms with Crippen LogP contribution in [0.2, 0.25) is 0 Å². The second-order valence-electron chi connectivity index (χ2n) is 6.48. The predicted octanol–water partition coefficient (Wildman–Crippen LogP) is 2.18. The van der Waals surface area contributed by atoms with Crippen LogP contribution in [0.3, 0.4) is 0 Å². The summed E-state index contributed by atoms with van der Waals surface area (Å²) in [5.41, 5.74) is 2.33. The van der Waals surface area contributed by atoms with Gasteiger partial charge >= 0.3 is 5.69 Å². The van der Waals surface area contributed by atoms with Gasteiger partial charge in [0.25, 0.3) is 0 Å². The lowest BCUT2D eigenvalue weighted by molar-refractivity contribution is 0.303. The van der Waals surface area contributed by atoms with Gasteiger partial charge in [0.1, 0.15) is 0 Å². The summed E-state index contributed by atoms with van der Waals surface area (Å²) in [6.45, 7) is 7.11. The first-order chi connectivity index (χ1) is 9.83. The van der Waals surface area contributed by atoms with E-state index in [-0.39, 0.29) is 17.7 Å². The molecule has 0 bridgehead atoms. The number of rotatable bonds is 4. The molecule has 0 amide bonds. The second kappa shape index (κ2) is 5.85. The number of imidazole rings is 1. The van der Waals surface area contributed by atoms with Crippen LogP contribution >= 0.6 is 0 Å². The predicted molar refractivity (Wildman–Crippen MR) is 85.2 cm³/mol. The molecule has 2 rings (SSSR count). The number of aromatic nitrogens is 3. The number of hydrogen-bond donors (Lipinski definition) is 1. The van der Waals surface area contributed by atoms with Crippen LogP contribution in [0, 0.1) is 5.41 Å². The van der Waals surface area contributed by atoms with E-state index in [1.54, 1.807) is 16.2 Å². The zero-order chi connectivity index (χ0) is 15.6. The fourth-order valence-corrected chi connectivity index (χ4v) is 2.29. The maximum absolute atomic E-state index is 12.4. The van der Waals surface area contributed by atoms with Gasteiger partial charge in [0.05, 0.1) is 11.2 Å². The van der Waals surface area contributed by atoms with Crippen LogP contribution < -0.4 is 5.69 Å². The van der Waals surface area contributed by atoms with E-state index in [0.717, 1.165) is 11.2 Å². The van der Waals surface area contributed by atoms with Crippen LogP contribution in [-0.4, -0.2) is 25.8 Å². The summed E-state index contributed by atoms with van der Waals surface area (Å²) >= 11 is 0. The molecule has 5 nitrogen and oxygen atoms in total. The summed E-state index contributed by atoms with van der Waals surface area (Å²) in [6, 6.07) is 3.84. The molecule has 0 saturated heterocycles. The molecule has 0 unspecified atom stereocenters. The minimum atomic E-state index is -0.0380. The van der Waals surface area contributed by atoms with E-state index >= 15 is 0 Å². The Morgan fingerprint density at radius 1 is 1.33 bits per heavy atom. The Morgan fingerprint density at radius 3 is 2.67 bits per heavy atom. The monoisotopic (exact) mass is 289 g/mol. The highest BCUT2D eigenvalue weighted by atomic mass is 16.2. The maximum atomic E-state index is 12.4. The van der Waals surface area contributed by atoms with Crippen LogP contribution in [0.1, 0.15) is 32.9 Å². The van der Waals surface area contributed by atoms with Crippen LogP contribution in [-0.2, 0) is 13.6 Å². The molecule has 0 aliphatic rings. The molecule has 114 valence electrons. The smallest absolute Gasteiger partial charge is 0.330 e. The van der Waals surface area contributed by atoms with Crippen LogP contribution in [0.25, 0.3) is 17.2 Å². The molecule has 5 heteroatoms.